The van der Waals surface area contributed by atoms with E-state index in [0.29, 0.717) is 5.82 Å². The number of carboxylic acids is 1. The van der Waals surface area contributed by atoms with E-state index in [1.54, 1.807) is 0 Å². The summed E-state index contributed by atoms with van der Waals surface area (Å²) in [7, 11) is 0. The number of hydrogen-bond donors (Lipinski definition) is 1. The van der Waals surface area contributed by atoms with Gasteiger partial charge in [-0.1, -0.05) is 0 Å². The standard InChI is InChI=1S/C10H10F2N2O2S/c1-4-6(9(15)16)8(17-10(11)12)14-7(13-4)5-2-3-5/h5,10H,2-3H2,1H3,(H,15,16). The van der Waals surface area contributed by atoms with Crippen molar-refractivity contribution in [2.24, 2.45) is 0 Å². The number of hydrogen-bond acceptors (Lipinski definition) is 4. The van der Waals surface area contributed by atoms with Gasteiger partial charge in [-0.2, -0.15) is 8.78 Å². The SMILES string of the molecule is Cc1nc(C2CC2)nc(SC(F)F)c1C(=O)O. The van der Waals surface area contributed by atoms with Crippen LogP contribution >= 0.6 is 11.8 Å². The lowest BCUT2D eigenvalue weighted by Crippen LogP contribution is -2.10. The molecule has 1 saturated carbocycles. The van der Waals surface area contributed by atoms with Gasteiger partial charge in [0.2, 0.25) is 0 Å². The Hall–Kier alpha value is -1.24. The largest absolute Gasteiger partial charge is 0.478 e. The maximum Gasteiger partial charge on any atom is 0.340 e. The van der Waals surface area contributed by atoms with Crippen molar-refractivity contribution in [1.82, 2.24) is 9.97 Å². The predicted molar refractivity (Wildman–Crippen MR) is 57.6 cm³/mol. The van der Waals surface area contributed by atoms with E-state index in [9.17, 15) is 13.6 Å². The third-order valence-electron chi connectivity index (χ3n) is 2.43. The van der Waals surface area contributed by atoms with Gasteiger partial charge in [0, 0.05) is 5.92 Å². The molecule has 0 aromatic carbocycles. The lowest BCUT2D eigenvalue weighted by Gasteiger charge is -2.09. The van der Waals surface area contributed by atoms with Crippen LogP contribution in [0.4, 0.5) is 8.78 Å². The maximum atomic E-state index is 12.4. The van der Waals surface area contributed by atoms with Crippen LogP contribution < -0.4 is 0 Å². The molecule has 0 spiro atoms. The molecule has 4 nitrogen and oxygen atoms in total. The van der Waals surface area contributed by atoms with Gasteiger partial charge in [-0.25, -0.2) is 14.8 Å². The van der Waals surface area contributed by atoms with Crippen LogP contribution in [-0.2, 0) is 0 Å². The molecule has 1 aliphatic carbocycles. The Labute approximate surface area is 100 Å². The van der Waals surface area contributed by atoms with Crippen LogP contribution in [0.3, 0.4) is 0 Å². The summed E-state index contributed by atoms with van der Waals surface area (Å²) in [5.41, 5.74) is 0.0252. The topological polar surface area (TPSA) is 63.1 Å². The van der Waals surface area contributed by atoms with Gasteiger partial charge >= 0.3 is 5.97 Å². The molecule has 92 valence electrons. The van der Waals surface area contributed by atoms with Crippen molar-refractivity contribution in [2.45, 2.75) is 36.5 Å². The van der Waals surface area contributed by atoms with Gasteiger partial charge in [-0.15, -0.1) is 0 Å². The summed E-state index contributed by atoms with van der Waals surface area (Å²) in [6, 6.07) is 0. The van der Waals surface area contributed by atoms with E-state index >= 15 is 0 Å². The van der Waals surface area contributed by atoms with Crippen molar-refractivity contribution in [3.63, 3.8) is 0 Å². The lowest BCUT2D eigenvalue weighted by atomic mass is 10.2. The van der Waals surface area contributed by atoms with Crippen molar-refractivity contribution >= 4 is 17.7 Å². The second-order valence-corrected chi connectivity index (χ2v) is 4.78. The summed E-state index contributed by atoms with van der Waals surface area (Å²) in [6.07, 6.45) is 1.87. The maximum absolute atomic E-state index is 12.4. The van der Waals surface area contributed by atoms with Crippen molar-refractivity contribution in [2.75, 3.05) is 0 Å². The molecule has 0 unspecified atom stereocenters. The van der Waals surface area contributed by atoms with E-state index in [2.05, 4.69) is 9.97 Å². The second-order valence-electron chi connectivity index (χ2n) is 3.81. The first-order valence-electron chi connectivity index (χ1n) is 5.05. The molecule has 0 bridgehead atoms. The van der Waals surface area contributed by atoms with E-state index in [1.165, 1.54) is 6.92 Å². The molecular weight excluding hydrogens is 250 g/mol. The highest BCUT2D eigenvalue weighted by atomic mass is 32.2. The summed E-state index contributed by atoms with van der Waals surface area (Å²) < 4.78 is 24.7. The van der Waals surface area contributed by atoms with E-state index in [1.807, 2.05) is 0 Å². The van der Waals surface area contributed by atoms with Crippen LogP contribution in [0.25, 0.3) is 0 Å². The lowest BCUT2D eigenvalue weighted by molar-refractivity contribution is 0.0690. The Bertz CT molecular complexity index is 464. The summed E-state index contributed by atoms with van der Waals surface area (Å²) in [5, 5.41) is 8.83. The van der Waals surface area contributed by atoms with Gasteiger partial charge in [0.25, 0.3) is 5.76 Å². The molecule has 1 aromatic heterocycles. The Morgan fingerprint density at radius 2 is 2.12 bits per heavy atom. The summed E-state index contributed by atoms with van der Waals surface area (Å²) in [5.74, 6) is -3.27. The van der Waals surface area contributed by atoms with Crippen LogP contribution in [0.15, 0.2) is 5.03 Å². The van der Waals surface area contributed by atoms with Crippen LogP contribution in [0.2, 0.25) is 0 Å². The number of carbonyl (C=O) groups is 1. The summed E-state index contributed by atoms with van der Waals surface area (Å²) >= 11 is 0.162. The predicted octanol–water partition coefficient (Wildman–Crippen LogP) is 2.68. The van der Waals surface area contributed by atoms with Gasteiger partial charge in [0.15, 0.2) is 0 Å². The fraction of sp³-hybridized carbons (Fsp3) is 0.500. The highest BCUT2D eigenvalue weighted by molar-refractivity contribution is 7.99. The van der Waals surface area contributed by atoms with Gasteiger partial charge in [-0.05, 0) is 31.5 Å². The highest BCUT2D eigenvalue weighted by Gasteiger charge is 2.30. The van der Waals surface area contributed by atoms with Gasteiger partial charge in [0.05, 0.1) is 5.69 Å². The van der Waals surface area contributed by atoms with Crippen molar-refractivity contribution in [3.8, 4) is 0 Å². The van der Waals surface area contributed by atoms with E-state index in [0.717, 1.165) is 12.8 Å². The van der Waals surface area contributed by atoms with Crippen molar-refractivity contribution in [3.05, 3.63) is 17.1 Å². The molecule has 1 fully saturated rings. The zero-order valence-corrected chi connectivity index (χ0v) is 9.80. The number of aromatic nitrogens is 2. The fourth-order valence-corrected chi connectivity index (χ4v) is 2.18. The molecule has 0 radical (unpaired) electrons. The number of nitrogens with zero attached hydrogens (tertiary/aromatic N) is 2. The van der Waals surface area contributed by atoms with Crippen LogP contribution in [0, 0.1) is 6.92 Å². The van der Waals surface area contributed by atoms with Crippen molar-refractivity contribution in [1.29, 1.82) is 0 Å². The molecule has 1 heterocycles. The highest BCUT2D eigenvalue weighted by Crippen LogP contribution is 2.39. The Kier molecular flexibility index (Phi) is 3.28. The molecule has 0 atom stereocenters. The van der Waals surface area contributed by atoms with Crippen molar-refractivity contribution < 1.29 is 18.7 Å². The number of carboxylic acid groups (broad SMARTS) is 1. The first kappa shape index (κ1) is 12.2. The molecule has 0 aliphatic heterocycles. The minimum absolute atomic E-state index is 0.137. The molecule has 1 aromatic rings. The third kappa shape index (κ3) is 2.71. The number of rotatable bonds is 4. The number of aromatic carboxylic acids is 1. The number of thioether (sulfide) groups is 1. The molecule has 0 amide bonds. The number of halogens is 2. The number of aryl methyl sites for hydroxylation is 1. The third-order valence-corrected chi connectivity index (χ3v) is 3.13. The van der Waals surface area contributed by atoms with Gasteiger partial charge in [0.1, 0.15) is 16.4 Å². The molecule has 7 heteroatoms. The fourth-order valence-electron chi connectivity index (χ4n) is 1.51. The average Bonchev–Trinajstić information content (AvgIpc) is 2.97. The molecule has 1 N–H and O–H groups in total. The van der Waals surface area contributed by atoms with Crippen LogP contribution in [0.1, 0.15) is 40.6 Å². The first-order chi connectivity index (χ1) is 7.99. The number of alkyl halides is 2. The van der Waals surface area contributed by atoms with E-state index < -0.39 is 11.7 Å². The minimum atomic E-state index is -2.69. The zero-order valence-electron chi connectivity index (χ0n) is 8.98. The van der Waals surface area contributed by atoms with Crippen LogP contribution in [0.5, 0.6) is 0 Å². The Morgan fingerprint density at radius 3 is 2.59 bits per heavy atom. The Morgan fingerprint density at radius 1 is 1.47 bits per heavy atom. The average molecular weight is 260 g/mol. The first-order valence-corrected chi connectivity index (χ1v) is 5.93. The van der Waals surface area contributed by atoms with E-state index in [4.69, 9.17) is 5.11 Å². The van der Waals surface area contributed by atoms with Gasteiger partial charge in [-0.3, -0.25) is 0 Å². The van der Waals surface area contributed by atoms with Gasteiger partial charge < -0.3 is 5.11 Å². The second kappa shape index (κ2) is 4.56. The minimum Gasteiger partial charge on any atom is -0.478 e. The van der Waals surface area contributed by atoms with Crippen LogP contribution in [-0.4, -0.2) is 26.8 Å². The monoisotopic (exact) mass is 260 g/mol. The molecule has 17 heavy (non-hydrogen) atoms. The smallest absolute Gasteiger partial charge is 0.340 e. The Balaban J connectivity index is 2.45. The van der Waals surface area contributed by atoms with E-state index in [-0.39, 0.29) is 34.0 Å². The molecule has 0 saturated heterocycles. The molecule has 1 aliphatic rings. The zero-order chi connectivity index (χ0) is 12.6. The molecular formula is C10H10F2N2O2S. The normalized spacial score (nSPS) is 15.3. The summed E-state index contributed by atoms with van der Waals surface area (Å²) in [6.45, 7) is 1.51. The quantitative estimate of drug-likeness (QED) is 0.666. The molecule has 2 rings (SSSR count). The summed E-state index contributed by atoms with van der Waals surface area (Å²) in [4.78, 5) is 19.0.